The Morgan fingerprint density at radius 2 is 2.00 bits per heavy atom. The molecule has 4 rings (SSSR count). The zero-order chi connectivity index (χ0) is 23.2. The van der Waals surface area contributed by atoms with Crippen molar-refractivity contribution in [2.45, 2.75) is 13.2 Å². The molecule has 0 aliphatic carbocycles. The predicted octanol–water partition coefficient (Wildman–Crippen LogP) is 2.61. The molecule has 0 saturated carbocycles. The van der Waals surface area contributed by atoms with Crippen LogP contribution in [0.2, 0.25) is 0 Å². The van der Waals surface area contributed by atoms with E-state index in [2.05, 4.69) is 10.3 Å². The molecular weight excluding hydrogens is 428 g/mol. The average molecular weight is 448 g/mol. The quantitative estimate of drug-likeness (QED) is 0.415. The van der Waals surface area contributed by atoms with Crippen molar-refractivity contribution in [3.05, 3.63) is 88.2 Å². The molecule has 0 spiro atoms. The van der Waals surface area contributed by atoms with Crippen molar-refractivity contribution in [1.29, 1.82) is 0 Å². The molecule has 1 N–H and O–H groups in total. The summed E-state index contributed by atoms with van der Waals surface area (Å²) in [6.07, 6.45) is 3.43. The summed E-state index contributed by atoms with van der Waals surface area (Å²) in [5.41, 5.74) is 1.81. The summed E-state index contributed by atoms with van der Waals surface area (Å²) in [6.45, 7) is 0.139. The number of hydrogen-bond acceptors (Lipinski definition) is 7. The van der Waals surface area contributed by atoms with E-state index < -0.39 is 16.7 Å². The number of carbonyl (C=O) groups is 2. The van der Waals surface area contributed by atoms with Crippen molar-refractivity contribution in [2.75, 3.05) is 18.1 Å². The van der Waals surface area contributed by atoms with Crippen LogP contribution < -0.4 is 19.7 Å². The van der Waals surface area contributed by atoms with Gasteiger partial charge in [0.05, 0.1) is 10.6 Å². The number of amides is 2. The summed E-state index contributed by atoms with van der Waals surface area (Å²) in [6, 6.07) is 15.0. The molecule has 2 heterocycles. The molecule has 0 unspecified atom stereocenters. The number of non-ortho nitro benzene ring substituents is 1. The zero-order valence-electron chi connectivity index (χ0n) is 17.5. The van der Waals surface area contributed by atoms with Crippen molar-refractivity contribution < 1.29 is 24.0 Å². The lowest BCUT2D eigenvalue weighted by molar-refractivity contribution is -0.384. The second kappa shape index (κ2) is 9.77. The standard InChI is InChI=1S/C23H20N4O6/c28-22(13-26-20-10-18(27(30)31)5-8-21(20)33-15-23(26)29)25-12-16-3-6-19(7-4-16)32-14-17-2-1-9-24-11-17/h1-11H,12-15H2,(H,25,28). The second-order valence-electron chi connectivity index (χ2n) is 7.25. The van der Waals surface area contributed by atoms with Gasteiger partial charge >= 0.3 is 0 Å². The SMILES string of the molecule is O=C(CN1C(=O)COc2ccc([N+](=O)[O-])cc21)NCc1ccc(OCc2cccnc2)cc1. The molecule has 3 aromatic rings. The Balaban J connectivity index is 1.33. The van der Waals surface area contributed by atoms with Crippen LogP contribution in [0.4, 0.5) is 11.4 Å². The van der Waals surface area contributed by atoms with Gasteiger partial charge in [0.2, 0.25) is 5.91 Å². The van der Waals surface area contributed by atoms with E-state index in [1.807, 2.05) is 24.3 Å². The third kappa shape index (κ3) is 5.42. The average Bonchev–Trinajstić information content (AvgIpc) is 2.84. The highest BCUT2D eigenvalue weighted by atomic mass is 16.6. The van der Waals surface area contributed by atoms with Crippen molar-refractivity contribution in [3.63, 3.8) is 0 Å². The second-order valence-corrected chi connectivity index (χ2v) is 7.25. The Kier molecular flexibility index (Phi) is 6.44. The number of hydrogen-bond donors (Lipinski definition) is 1. The number of nitro groups is 1. The fraction of sp³-hybridized carbons (Fsp3) is 0.174. The van der Waals surface area contributed by atoms with E-state index in [4.69, 9.17) is 9.47 Å². The summed E-state index contributed by atoms with van der Waals surface area (Å²) in [5.74, 6) is 0.147. The normalized spacial score (nSPS) is 12.5. The minimum atomic E-state index is -0.568. The van der Waals surface area contributed by atoms with Gasteiger partial charge in [0.1, 0.15) is 24.7 Å². The summed E-state index contributed by atoms with van der Waals surface area (Å²) in [5, 5.41) is 13.8. The van der Waals surface area contributed by atoms with Gasteiger partial charge in [-0.2, -0.15) is 0 Å². The predicted molar refractivity (Wildman–Crippen MR) is 118 cm³/mol. The summed E-state index contributed by atoms with van der Waals surface area (Å²) >= 11 is 0. The Morgan fingerprint density at radius 3 is 2.73 bits per heavy atom. The van der Waals surface area contributed by atoms with Crippen LogP contribution in [0.15, 0.2) is 67.0 Å². The maximum Gasteiger partial charge on any atom is 0.271 e. The van der Waals surface area contributed by atoms with Crippen molar-refractivity contribution in [1.82, 2.24) is 10.3 Å². The fourth-order valence-electron chi connectivity index (χ4n) is 3.23. The van der Waals surface area contributed by atoms with Gasteiger partial charge in [0, 0.05) is 36.6 Å². The molecule has 168 valence electrons. The van der Waals surface area contributed by atoms with Crippen LogP contribution in [0.5, 0.6) is 11.5 Å². The third-order valence-corrected chi connectivity index (χ3v) is 4.94. The lowest BCUT2D eigenvalue weighted by atomic mass is 10.2. The zero-order valence-corrected chi connectivity index (χ0v) is 17.5. The molecule has 10 nitrogen and oxygen atoms in total. The molecule has 1 aliphatic rings. The molecule has 33 heavy (non-hydrogen) atoms. The van der Waals surface area contributed by atoms with Crippen molar-refractivity contribution >= 4 is 23.2 Å². The summed E-state index contributed by atoms with van der Waals surface area (Å²) in [7, 11) is 0. The Hall–Kier alpha value is -4.47. The van der Waals surface area contributed by atoms with Crippen LogP contribution in [0.1, 0.15) is 11.1 Å². The van der Waals surface area contributed by atoms with Gasteiger partial charge in [0.25, 0.3) is 11.6 Å². The minimum absolute atomic E-state index is 0.191. The monoisotopic (exact) mass is 448 g/mol. The number of benzene rings is 2. The first-order valence-corrected chi connectivity index (χ1v) is 10.1. The number of pyridine rings is 1. The van der Waals surface area contributed by atoms with Gasteiger partial charge in [-0.15, -0.1) is 0 Å². The molecule has 1 aromatic heterocycles. The topological polar surface area (TPSA) is 124 Å². The number of rotatable bonds is 8. The highest BCUT2D eigenvalue weighted by molar-refractivity contribution is 6.02. The first-order valence-electron chi connectivity index (χ1n) is 10.1. The van der Waals surface area contributed by atoms with Crippen LogP contribution in [0.3, 0.4) is 0 Å². The number of aromatic nitrogens is 1. The van der Waals surface area contributed by atoms with E-state index in [1.165, 1.54) is 23.1 Å². The van der Waals surface area contributed by atoms with Crippen LogP contribution in [0, 0.1) is 10.1 Å². The largest absolute Gasteiger partial charge is 0.489 e. The molecule has 2 aromatic carbocycles. The van der Waals surface area contributed by atoms with E-state index in [0.29, 0.717) is 18.1 Å². The van der Waals surface area contributed by atoms with E-state index in [9.17, 15) is 19.7 Å². The lowest BCUT2D eigenvalue weighted by Crippen LogP contribution is -2.45. The minimum Gasteiger partial charge on any atom is -0.489 e. The van der Waals surface area contributed by atoms with Gasteiger partial charge in [-0.3, -0.25) is 29.6 Å². The number of nitrogens with zero attached hydrogens (tertiary/aromatic N) is 3. The number of nitro benzene ring substituents is 1. The molecule has 0 fully saturated rings. The molecule has 1 aliphatic heterocycles. The number of anilines is 1. The van der Waals surface area contributed by atoms with E-state index >= 15 is 0 Å². The van der Waals surface area contributed by atoms with Gasteiger partial charge < -0.3 is 14.8 Å². The van der Waals surface area contributed by atoms with Crippen LogP contribution in [-0.2, 0) is 22.7 Å². The van der Waals surface area contributed by atoms with Crippen molar-refractivity contribution in [2.24, 2.45) is 0 Å². The molecule has 0 saturated heterocycles. The van der Waals surface area contributed by atoms with Crippen LogP contribution >= 0.6 is 0 Å². The molecule has 0 atom stereocenters. The van der Waals surface area contributed by atoms with E-state index in [-0.39, 0.29) is 31.1 Å². The number of carbonyl (C=O) groups excluding carboxylic acids is 2. The highest BCUT2D eigenvalue weighted by Gasteiger charge is 2.29. The van der Waals surface area contributed by atoms with Gasteiger partial charge in [-0.25, -0.2) is 0 Å². The summed E-state index contributed by atoms with van der Waals surface area (Å²) < 4.78 is 11.0. The Bertz CT molecular complexity index is 1170. The molecule has 0 bridgehead atoms. The molecule has 2 amide bonds. The van der Waals surface area contributed by atoms with Gasteiger partial charge in [0.15, 0.2) is 6.61 Å². The first kappa shape index (κ1) is 21.8. The maximum atomic E-state index is 12.5. The third-order valence-electron chi connectivity index (χ3n) is 4.94. The first-order chi connectivity index (χ1) is 16.0. The smallest absolute Gasteiger partial charge is 0.271 e. The molecule has 10 heteroatoms. The maximum absolute atomic E-state index is 12.5. The summed E-state index contributed by atoms with van der Waals surface area (Å²) in [4.78, 5) is 40.5. The van der Waals surface area contributed by atoms with Crippen LogP contribution in [-0.4, -0.2) is 34.9 Å². The Morgan fingerprint density at radius 1 is 1.18 bits per heavy atom. The van der Waals surface area contributed by atoms with Crippen molar-refractivity contribution in [3.8, 4) is 11.5 Å². The number of fused-ring (bicyclic) bond motifs is 1. The number of ether oxygens (including phenoxy) is 2. The highest BCUT2D eigenvalue weighted by Crippen LogP contribution is 2.35. The molecule has 0 radical (unpaired) electrons. The Labute approximate surface area is 188 Å². The van der Waals surface area contributed by atoms with Crippen LogP contribution in [0.25, 0.3) is 0 Å². The fourth-order valence-corrected chi connectivity index (χ4v) is 3.23. The van der Waals surface area contributed by atoms with E-state index in [0.717, 1.165) is 11.1 Å². The lowest BCUT2D eigenvalue weighted by Gasteiger charge is -2.28. The van der Waals surface area contributed by atoms with E-state index in [1.54, 1.807) is 24.5 Å². The number of nitrogens with one attached hydrogen (secondary N) is 1. The molecular formula is C23H20N4O6. The van der Waals surface area contributed by atoms with Gasteiger partial charge in [-0.05, 0) is 29.8 Å². The van der Waals surface area contributed by atoms with Gasteiger partial charge in [-0.1, -0.05) is 18.2 Å².